The van der Waals surface area contributed by atoms with Gasteiger partial charge in [-0.25, -0.2) is 0 Å². The van der Waals surface area contributed by atoms with Crippen molar-refractivity contribution in [3.05, 3.63) is 60.2 Å². The average molecular weight is 263 g/mol. The predicted molar refractivity (Wildman–Crippen MR) is 79.2 cm³/mol. The lowest BCUT2D eigenvalue weighted by atomic mass is 9.75. The van der Waals surface area contributed by atoms with E-state index in [0.717, 1.165) is 18.4 Å². The van der Waals surface area contributed by atoms with Gasteiger partial charge in [0.2, 0.25) is 0 Å². The third kappa shape index (κ3) is 2.33. The monoisotopic (exact) mass is 263 g/mol. The molecule has 0 radical (unpaired) electrons. The van der Waals surface area contributed by atoms with Gasteiger partial charge in [0.1, 0.15) is 0 Å². The summed E-state index contributed by atoms with van der Waals surface area (Å²) in [5, 5.41) is 9.58. The van der Waals surface area contributed by atoms with Crippen LogP contribution >= 0.6 is 0 Å². The third-order valence-corrected chi connectivity index (χ3v) is 4.10. The average Bonchev–Trinajstić information content (AvgIpc) is 2.56. The van der Waals surface area contributed by atoms with Gasteiger partial charge in [-0.3, -0.25) is 0 Å². The van der Waals surface area contributed by atoms with Gasteiger partial charge in [0, 0.05) is 13.2 Å². The Kier molecular flexibility index (Phi) is 3.54. The molecule has 0 aromatic heterocycles. The quantitative estimate of drug-likeness (QED) is 0.822. The van der Waals surface area contributed by atoms with Crippen molar-refractivity contribution in [2.24, 2.45) is 0 Å². The molecule has 2 nitrogen and oxygen atoms in total. The van der Waals surface area contributed by atoms with Crippen LogP contribution in [0.2, 0.25) is 0 Å². The van der Waals surface area contributed by atoms with Gasteiger partial charge in [0.15, 0.2) is 0 Å². The van der Waals surface area contributed by atoms with Crippen LogP contribution in [-0.2, 0) is 10.2 Å². The van der Waals surface area contributed by atoms with Crippen molar-refractivity contribution < 1.29 is 4.74 Å². The second-order valence-corrected chi connectivity index (χ2v) is 5.25. The molecule has 0 unspecified atom stereocenters. The van der Waals surface area contributed by atoms with E-state index in [2.05, 4.69) is 42.5 Å². The van der Waals surface area contributed by atoms with Crippen LogP contribution in [0.3, 0.4) is 0 Å². The van der Waals surface area contributed by atoms with E-state index in [-0.39, 0.29) is 5.41 Å². The van der Waals surface area contributed by atoms with Gasteiger partial charge in [0.05, 0.1) is 11.5 Å². The van der Waals surface area contributed by atoms with Gasteiger partial charge in [-0.2, -0.15) is 5.26 Å². The van der Waals surface area contributed by atoms with Crippen LogP contribution in [-0.4, -0.2) is 13.2 Å². The molecule has 0 amide bonds. The number of hydrogen-bond acceptors (Lipinski definition) is 2. The highest BCUT2D eigenvalue weighted by molar-refractivity contribution is 5.63. The van der Waals surface area contributed by atoms with Gasteiger partial charge >= 0.3 is 0 Å². The van der Waals surface area contributed by atoms with Crippen LogP contribution in [0.15, 0.2) is 54.6 Å². The van der Waals surface area contributed by atoms with Gasteiger partial charge < -0.3 is 4.74 Å². The normalized spacial score (nSPS) is 17.4. The fourth-order valence-corrected chi connectivity index (χ4v) is 2.80. The first-order valence-electron chi connectivity index (χ1n) is 6.99. The summed E-state index contributed by atoms with van der Waals surface area (Å²) in [6.07, 6.45) is 1.57. The summed E-state index contributed by atoms with van der Waals surface area (Å²) in [5.41, 5.74) is 3.14. The van der Waals surface area contributed by atoms with Crippen LogP contribution in [0.1, 0.15) is 18.4 Å². The van der Waals surface area contributed by atoms with Crippen molar-refractivity contribution in [3.8, 4) is 17.2 Å². The Morgan fingerprint density at radius 2 is 1.45 bits per heavy atom. The van der Waals surface area contributed by atoms with E-state index in [1.807, 2.05) is 18.2 Å². The van der Waals surface area contributed by atoms with Crippen LogP contribution < -0.4 is 0 Å². The SMILES string of the molecule is N#CC1(c2ccc(-c3ccccc3)cc2)CCOCC1. The highest BCUT2D eigenvalue weighted by Gasteiger charge is 2.34. The Morgan fingerprint density at radius 1 is 0.850 bits per heavy atom. The van der Waals surface area contributed by atoms with Crippen molar-refractivity contribution >= 4 is 0 Å². The third-order valence-electron chi connectivity index (χ3n) is 4.10. The molecule has 2 aromatic carbocycles. The first-order valence-corrected chi connectivity index (χ1v) is 6.99. The highest BCUT2D eigenvalue weighted by Crippen LogP contribution is 2.35. The van der Waals surface area contributed by atoms with Crippen molar-refractivity contribution in [1.82, 2.24) is 0 Å². The van der Waals surface area contributed by atoms with E-state index in [1.54, 1.807) is 0 Å². The van der Waals surface area contributed by atoms with Crippen molar-refractivity contribution in [2.75, 3.05) is 13.2 Å². The molecule has 0 spiro atoms. The molecule has 2 heteroatoms. The maximum Gasteiger partial charge on any atom is 0.0866 e. The second kappa shape index (κ2) is 5.48. The lowest BCUT2D eigenvalue weighted by Gasteiger charge is -2.31. The van der Waals surface area contributed by atoms with Crippen molar-refractivity contribution in [2.45, 2.75) is 18.3 Å². The summed E-state index contributed by atoms with van der Waals surface area (Å²) in [5.74, 6) is 0. The fraction of sp³-hybridized carbons (Fsp3) is 0.278. The summed E-state index contributed by atoms with van der Waals surface area (Å²) >= 11 is 0. The van der Waals surface area contributed by atoms with E-state index >= 15 is 0 Å². The molecule has 100 valence electrons. The fourth-order valence-electron chi connectivity index (χ4n) is 2.80. The lowest BCUT2D eigenvalue weighted by Crippen LogP contribution is -2.32. The standard InChI is InChI=1S/C18H17NO/c19-14-18(10-12-20-13-11-18)17-8-6-16(7-9-17)15-4-2-1-3-5-15/h1-9H,10-13H2. The van der Waals surface area contributed by atoms with E-state index in [1.165, 1.54) is 11.1 Å². The number of nitriles is 1. The number of benzene rings is 2. The van der Waals surface area contributed by atoms with Crippen LogP contribution in [0.4, 0.5) is 0 Å². The summed E-state index contributed by atoms with van der Waals surface area (Å²) in [4.78, 5) is 0. The van der Waals surface area contributed by atoms with E-state index in [4.69, 9.17) is 4.74 Å². The Hall–Kier alpha value is -2.11. The maximum atomic E-state index is 9.58. The molecule has 1 saturated heterocycles. The summed E-state index contributed by atoms with van der Waals surface area (Å²) in [6, 6.07) is 21.2. The minimum Gasteiger partial charge on any atom is -0.381 e. The molecule has 20 heavy (non-hydrogen) atoms. The lowest BCUT2D eigenvalue weighted by molar-refractivity contribution is 0.0675. The molecule has 1 fully saturated rings. The summed E-state index contributed by atoms with van der Waals surface area (Å²) < 4.78 is 5.39. The molecule has 1 aliphatic rings. The number of hydrogen-bond donors (Lipinski definition) is 0. The Labute approximate surface area is 119 Å². The van der Waals surface area contributed by atoms with Gasteiger partial charge in [-0.1, -0.05) is 54.6 Å². The van der Waals surface area contributed by atoms with Crippen molar-refractivity contribution in [3.63, 3.8) is 0 Å². The topological polar surface area (TPSA) is 33.0 Å². The van der Waals surface area contributed by atoms with Gasteiger partial charge in [-0.05, 0) is 29.5 Å². The predicted octanol–water partition coefficient (Wildman–Crippen LogP) is 3.93. The zero-order chi connectivity index (χ0) is 13.8. The molecule has 0 N–H and O–H groups in total. The van der Waals surface area contributed by atoms with Gasteiger partial charge in [0.25, 0.3) is 0 Å². The van der Waals surface area contributed by atoms with Crippen LogP contribution in [0.5, 0.6) is 0 Å². The number of rotatable bonds is 2. The zero-order valence-corrected chi connectivity index (χ0v) is 11.4. The zero-order valence-electron chi connectivity index (χ0n) is 11.4. The first kappa shape index (κ1) is 12.9. The van der Waals surface area contributed by atoms with Crippen LogP contribution in [0.25, 0.3) is 11.1 Å². The Morgan fingerprint density at radius 3 is 2.05 bits per heavy atom. The van der Waals surface area contributed by atoms with E-state index in [9.17, 15) is 5.26 Å². The molecule has 2 aromatic rings. The minimum atomic E-state index is -0.368. The molecule has 1 aliphatic heterocycles. The number of ether oxygens (including phenoxy) is 1. The Bertz CT molecular complexity index is 604. The highest BCUT2D eigenvalue weighted by atomic mass is 16.5. The first-order chi connectivity index (χ1) is 9.84. The smallest absolute Gasteiger partial charge is 0.0866 e. The molecule has 0 saturated carbocycles. The molecule has 0 bridgehead atoms. The maximum absolute atomic E-state index is 9.58. The van der Waals surface area contributed by atoms with E-state index in [0.29, 0.717) is 13.2 Å². The van der Waals surface area contributed by atoms with Crippen LogP contribution in [0, 0.1) is 11.3 Å². The molecule has 0 atom stereocenters. The molecule has 3 rings (SSSR count). The van der Waals surface area contributed by atoms with Crippen molar-refractivity contribution in [1.29, 1.82) is 5.26 Å². The van der Waals surface area contributed by atoms with E-state index < -0.39 is 0 Å². The minimum absolute atomic E-state index is 0.368. The summed E-state index contributed by atoms with van der Waals surface area (Å²) in [7, 11) is 0. The number of nitrogens with zero attached hydrogens (tertiary/aromatic N) is 1. The molecular weight excluding hydrogens is 246 g/mol. The largest absolute Gasteiger partial charge is 0.381 e. The summed E-state index contributed by atoms with van der Waals surface area (Å²) in [6.45, 7) is 1.35. The molecular formula is C18H17NO. The molecule has 1 heterocycles. The molecule has 0 aliphatic carbocycles. The Balaban J connectivity index is 1.91. The van der Waals surface area contributed by atoms with Gasteiger partial charge in [-0.15, -0.1) is 0 Å². The second-order valence-electron chi connectivity index (χ2n) is 5.25.